The number of nitrogen functional groups attached to an aromatic ring is 2. The highest BCUT2D eigenvalue weighted by molar-refractivity contribution is 5.96. The number of esters is 1. The minimum atomic E-state index is -4.45. The van der Waals surface area contributed by atoms with Crippen molar-refractivity contribution in [3.63, 3.8) is 0 Å². The summed E-state index contributed by atoms with van der Waals surface area (Å²) in [5.74, 6) is 0.182. The van der Waals surface area contributed by atoms with Crippen LogP contribution in [-0.2, 0) is 15.7 Å². The normalized spacial score (nSPS) is 11.0. The number of nitrogens with zero attached hydrogens (tertiary/aromatic N) is 2. The number of aliphatic hydroxyl groups excluding tert-OH is 1. The molecular formula is C32H34F3N5O5. The molecule has 6 N–H and O–H groups in total. The van der Waals surface area contributed by atoms with Crippen molar-refractivity contribution in [3.8, 4) is 5.75 Å². The number of aliphatic hydroxyl groups is 1. The maximum absolute atomic E-state index is 12.8. The van der Waals surface area contributed by atoms with Crippen LogP contribution in [0.4, 0.5) is 47.3 Å². The smallest absolute Gasteiger partial charge is 0.416 e. The highest BCUT2D eigenvalue weighted by Gasteiger charge is 2.30. The van der Waals surface area contributed by atoms with E-state index in [0.717, 1.165) is 23.6 Å². The van der Waals surface area contributed by atoms with E-state index in [1.165, 1.54) is 18.2 Å². The molecule has 0 radical (unpaired) electrons. The molecule has 0 amide bonds. The van der Waals surface area contributed by atoms with Gasteiger partial charge in [-0.3, -0.25) is 0 Å². The molecule has 0 atom stereocenters. The summed E-state index contributed by atoms with van der Waals surface area (Å²) in [4.78, 5) is 12.2. The second kappa shape index (κ2) is 17.2. The number of rotatable bonds is 12. The fraction of sp³-hybridized carbons (Fsp3) is 0.219. The molecule has 4 aromatic carbocycles. The van der Waals surface area contributed by atoms with Crippen molar-refractivity contribution < 1.29 is 37.3 Å². The lowest BCUT2D eigenvalue weighted by Gasteiger charge is -2.13. The SMILES string of the molecule is CCOc1ccc(N=Nc2ccc(N)cc2N)cc1.O=C(OCCOCCO)c1ccccc1Nc1cccc(C(F)(F)F)c1. The molecule has 13 heteroatoms. The second-order valence-corrected chi connectivity index (χ2v) is 9.17. The molecule has 0 saturated carbocycles. The third-order valence-corrected chi connectivity index (χ3v) is 5.78. The first-order valence-electron chi connectivity index (χ1n) is 13.8. The summed E-state index contributed by atoms with van der Waals surface area (Å²) in [6.45, 7) is 2.73. The van der Waals surface area contributed by atoms with E-state index in [1.807, 2.05) is 31.2 Å². The monoisotopic (exact) mass is 625 g/mol. The van der Waals surface area contributed by atoms with Crippen LogP contribution in [0.25, 0.3) is 0 Å². The van der Waals surface area contributed by atoms with Gasteiger partial charge in [-0.1, -0.05) is 18.2 Å². The molecule has 0 fully saturated rings. The number of nitrogens with two attached hydrogens (primary N) is 2. The van der Waals surface area contributed by atoms with E-state index in [2.05, 4.69) is 15.5 Å². The maximum Gasteiger partial charge on any atom is 0.416 e. The van der Waals surface area contributed by atoms with Crippen molar-refractivity contribution in [1.82, 2.24) is 0 Å². The van der Waals surface area contributed by atoms with Gasteiger partial charge in [0.2, 0.25) is 0 Å². The molecule has 4 aromatic rings. The first kappa shape index (κ1) is 34.4. The fourth-order valence-corrected chi connectivity index (χ4v) is 3.69. The fourth-order valence-electron chi connectivity index (χ4n) is 3.69. The van der Waals surface area contributed by atoms with Gasteiger partial charge in [0.05, 0.1) is 54.6 Å². The van der Waals surface area contributed by atoms with Gasteiger partial charge in [0.1, 0.15) is 18.0 Å². The van der Waals surface area contributed by atoms with E-state index in [1.54, 1.807) is 36.4 Å². The van der Waals surface area contributed by atoms with E-state index in [9.17, 15) is 18.0 Å². The summed E-state index contributed by atoms with van der Waals surface area (Å²) in [6, 6.07) is 23.5. The molecule has 0 unspecified atom stereocenters. The standard InChI is InChI=1S/C18H18F3NO4.C14H16N4O/c19-18(20,21)13-4-3-5-14(12-13)22-16-7-2-1-6-15(16)17(24)26-11-10-25-9-8-23;1-2-19-12-6-4-11(5-7-12)17-18-14-8-3-10(15)9-13(14)16/h1-7,12,22-23H,8-11H2;3-9H,2,15-16H2,1H3. The number of anilines is 4. The molecule has 0 aliphatic carbocycles. The van der Waals surface area contributed by atoms with Gasteiger partial charge in [-0.15, -0.1) is 5.11 Å². The van der Waals surface area contributed by atoms with Crippen LogP contribution in [0, 0.1) is 0 Å². The van der Waals surface area contributed by atoms with Crippen LogP contribution in [0.1, 0.15) is 22.8 Å². The van der Waals surface area contributed by atoms with E-state index >= 15 is 0 Å². The van der Waals surface area contributed by atoms with Crippen molar-refractivity contribution in [3.05, 3.63) is 102 Å². The Morgan fingerprint density at radius 2 is 1.64 bits per heavy atom. The zero-order valence-corrected chi connectivity index (χ0v) is 24.5. The highest BCUT2D eigenvalue weighted by atomic mass is 19.4. The van der Waals surface area contributed by atoms with Crippen LogP contribution in [0.15, 0.2) is 101 Å². The Morgan fingerprint density at radius 3 is 2.33 bits per heavy atom. The molecule has 4 rings (SSSR count). The second-order valence-electron chi connectivity index (χ2n) is 9.17. The average molecular weight is 626 g/mol. The zero-order chi connectivity index (χ0) is 32.7. The number of carbonyl (C=O) groups excluding carboxylic acids is 1. The number of hydrogen-bond donors (Lipinski definition) is 4. The van der Waals surface area contributed by atoms with E-state index in [-0.39, 0.29) is 37.7 Å². The molecule has 45 heavy (non-hydrogen) atoms. The van der Waals surface area contributed by atoms with Crippen LogP contribution in [0.5, 0.6) is 5.75 Å². The highest BCUT2D eigenvalue weighted by Crippen LogP contribution is 2.32. The van der Waals surface area contributed by atoms with Crippen LogP contribution in [0.2, 0.25) is 0 Å². The molecule has 0 aliphatic heterocycles. The summed E-state index contributed by atoms with van der Waals surface area (Å²) < 4.78 is 53.8. The number of alkyl halides is 3. The quantitative estimate of drug-likeness (QED) is 0.0554. The summed E-state index contributed by atoms with van der Waals surface area (Å²) >= 11 is 0. The van der Waals surface area contributed by atoms with E-state index in [4.69, 9.17) is 30.8 Å². The minimum absolute atomic E-state index is 0.00325. The summed E-state index contributed by atoms with van der Waals surface area (Å²) in [7, 11) is 0. The van der Waals surface area contributed by atoms with Crippen LogP contribution >= 0.6 is 0 Å². The third-order valence-electron chi connectivity index (χ3n) is 5.78. The Bertz CT molecular complexity index is 1550. The number of azo groups is 1. The number of benzene rings is 4. The molecule has 0 aliphatic rings. The van der Waals surface area contributed by atoms with Crippen molar-refractivity contribution in [2.45, 2.75) is 13.1 Å². The molecule has 0 bridgehead atoms. The van der Waals surface area contributed by atoms with E-state index < -0.39 is 17.7 Å². The molecule has 0 aromatic heterocycles. The lowest BCUT2D eigenvalue weighted by Crippen LogP contribution is -2.13. The van der Waals surface area contributed by atoms with Crippen molar-refractivity contribution >= 4 is 40.1 Å². The summed E-state index contributed by atoms with van der Waals surface area (Å²) in [5.41, 5.74) is 13.8. The lowest BCUT2D eigenvalue weighted by atomic mass is 10.1. The summed E-state index contributed by atoms with van der Waals surface area (Å²) in [5, 5.41) is 19.6. The first-order valence-corrected chi connectivity index (χ1v) is 13.8. The molecule has 0 heterocycles. The largest absolute Gasteiger partial charge is 0.494 e. The number of para-hydroxylation sites is 1. The van der Waals surface area contributed by atoms with Crippen molar-refractivity contribution in [1.29, 1.82) is 0 Å². The molecule has 0 saturated heterocycles. The lowest BCUT2D eigenvalue weighted by molar-refractivity contribution is -0.137. The number of ether oxygens (including phenoxy) is 3. The van der Waals surface area contributed by atoms with Gasteiger partial charge in [-0.25, -0.2) is 4.79 Å². The number of carbonyl (C=O) groups is 1. The zero-order valence-electron chi connectivity index (χ0n) is 24.5. The van der Waals surface area contributed by atoms with Gasteiger partial charge in [0.25, 0.3) is 0 Å². The van der Waals surface area contributed by atoms with Crippen molar-refractivity contribution in [2.75, 3.05) is 49.8 Å². The Kier molecular flexibility index (Phi) is 13.2. The maximum atomic E-state index is 12.8. The third kappa shape index (κ3) is 11.5. The van der Waals surface area contributed by atoms with Gasteiger partial charge >= 0.3 is 12.1 Å². The number of halogens is 3. The number of hydrogen-bond acceptors (Lipinski definition) is 10. The van der Waals surface area contributed by atoms with Crippen LogP contribution in [0.3, 0.4) is 0 Å². The van der Waals surface area contributed by atoms with Gasteiger partial charge in [0, 0.05) is 11.4 Å². The number of nitrogens with one attached hydrogen (secondary N) is 1. The van der Waals surface area contributed by atoms with Gasteiger partial charge < -0.3 is 36.1 Å². The van der Waals surface area contributed by atoms with E-state index in [0.29, 0.717) is 29.4 Å². The van der Waals surface area contributed by atoms with Crippen molar-refractivity contribution in [2.24, 2.45) is 10.2 Å². The molecular weight excluding hydrogens is 591 g/mol. The minimum Gasteiger partial charge on any atom is -0.494 e. The van der Waals surface area contributed by atoms with Gasteiger partial charge in [0.15, 0.2) is 0 Å². The Balaban J connectivity index is 0.000000257. The Labute approximate surface area is 258 Å². The predicted molar refractivity (Wildman–Crippen MR) is 166 cm³/mol. The van der Waals surface area contributed by atoms with Crippen LogP contribution in [-0.4, -0.2) is 44.1 Å². The Morgan fingerprint density at radius 1 is 0.889 bits per heavy atom. The predicted octanol–water partition coefficient (Wildman–Crippen LogP) is 7.28. The molecule has 10 nitrogen and oxygen atoms in total. The topological polar surface area (TPSA) is 154 Å². The van der Waals surface area contributed by atoms with Gasteiger partial charge in [-0.05, 0) is 79.7 Å². The van der Waals surface area contributed by atoms with Crippen LogP contribution < -0.4 is 21.5 Å². The Hall–Kier alpha value is -5.14. The summed E-state index contributed by atoms with van der Waals surface area (Å²) in [6.07, 6.45) is -4.45. The average Bonchev–Trinajstić information content (AvgIpc) is 3.02. The van der Waals surface area contributed by atoms with Gasteiger partial charge in [-0.2, -0.15) is 18.3 Å². The molecule has 0 spiro atoms. The molecule has 238 valence electrons. The first-order chi connectivity index (χ1) is 21.6.